The van der Waals surface area contributed by atoms with Crippen molar-refractivity contribution >= 4 is 29.9 Å². The molecular formula is C19H41IN4O2. The van der Waals surface area contributed by atoms with Gasteiger partial charge >= 0.3 is 0 Å². The van der Waals surface area contributed by atoms with Gasteiger partial charge in [0.15, 0.2) is 5.96 Å². The molecule has 0 aromatic rings. The molecule has 0 radical (unpaired) electrons. The standard InChI is InChI=1S/C19H40N4O2.HI/c1-5-10-19(24,11-6-2)16-22-18(20-7-3)21-12-13-23(14-15-25-4)17-8-9-17;/h17,24H,5-16H2,1-4H3,(H2,20,21,22);1H. The second-order valence-corrected chi connectivity index (χ2v) is 7.11. The highest BCUT2D eigenvalue weighted by Gasteiger charge is 2.28. The highest BCUT2D eigenvalue weighted by molar-refractivity contribution is 14.0. The number of aliphatic imine (C=N–C) groups is 1. The third kappa shape index (κ3) is 10.9. The highest BCUT2D eigenvalue weighted by Crippen LogP contribution is 2.26. The first-order valence-corrected chi connectivity index (χ1v) is 10.1. The maximum absolute atomic E-state index is 10.7. The van der Waals surface area contributed by atoms with Crippen LogP contribution in [0.5, 0.6) is 0 Å². The van der Waals surface area contributed by atoms with Gasteiger partial charge in [0.2, 0.25) is 0 Å². The third-order valence-electron chi connectivity index (χ3n) is 4.64. The van der Waals surface area contributed by atoms with Crippen LogP contribution in [0, 0.1) is 0 Å². The van der Waals surface area contributed by atoms with Crippen molar-refractivity contribution in [3.8, 4) is 0 Å². The van der Waals surface area contributed by atoms with Gasteiger partial charge in [-0.1, -0.05) is 26.7 Å². The Morgan fingerprint density at radius 1 is 1.15 bits per heavy atom. The van der Waals surface area contributed by atoms with Crippen molar-refractivity contribution in [1.82, 2.24) is 15.5 Å². The lowest BCUT2D eigenvalue weighted by Crippen LogP contribution is -2.44. The Kier molecular flexibility index (Phi) is 14.8. The molecule has 0 aromatic heterocycles. The van der Waals surface area contributed by atoms with Gasteiger partial charge < -0.3 is 20.5 Å². The topological polar surface area (TPSA) is 69.1 Å². The molecule has 0 saturated heterocycles. The molecule has 26 heavy (non-hydrogen) atoms. The van der Waals surface area contributed by atoms with Gasteiger partial charge in [-0.05, 0) is 32.6 Å². The lowest BCUT2D eigenvalue weighted by molar-refractivity contribution is 0.0306. The zero-order valence-electron chi connectivity index (χ0n) is 17.2. The number of aliphatic hydroxyl groups is 1. The monoisotopic (exact) mass is 484 g/mol. The van der Waals surface area contributed by atoms with E-state index in [0.717, 1.165) is 70.5 Å². The molecule has 1 rings (SSSR count). The molecule has 0 unspecified atom stereocenters. The molecule has 0 amide bonds. The van der Waals surface area contributed by atoms with Gasteiger partial charge in [0.25, 0.3) is 0 Å². The fraction of sp³-hybridized carbons (Fsp3) is 0.947. The largest absolute Gasteiger partial charge is 0.388 e. The average Bonchev–Trinajstić information content (AvgIpc) is 3.41. The summed E-state index contributed by atoms with van der Waals surface area (Å²) < 4.78 is 5.21. The Morgan fingerprint density at radius 2 is 1.81 bits per heavy atom. The van der Waals surface area contributed by atoms with Gasteiger partial charge in [0, 0.05) is 39.3 Å². The van der Waals surface area contributed by atoms with E-state index >= 15 is 0 Å². The Bertz CT molecular complexity index is 373. The van der Waals surface area contributed by atoms with Crippen LogP contribution in [0.2, 0.25) is 0 Å². The summed E-state index contributed by atoms with van der Waals surface area (Å²) in [5, 5.41) is 17.4. The molecular weight excluding hydrogens is 443 g/mol. The second-order valence-electron chi connectivity index (χ2n) is 7.11. The molecule has 1 aliphatic carbocycles. The predicted octanol–water partition coefficient (Wildman–Crippen LogP) is 2.60. The molecule has 156 valence electrons. The molecule has 0 bridgehead atoms. The first-order valence-electron chi connectivity index (χ1n) is 10.1. The van der Waals surface area contributed by atoms with E-state index in [9.17, 15) is 5.11 Å². The molecule has 0 spiro atoms. The SMILES string of the molecule is CCCC(O)(CCC)CN=C(NCC)NCCN(CCOC)C1CC1.I. The van der Waals surface area contributed by atoms with E-state index in [4.69, 9.17) is 4.74 Å². The minimum absolute atomic E-state index is 0. The summed E-state index contributed by atoms with van der Waals surface area (Å²) in [4.78, 5) is 7.13. The van der Waals surface area contributed by atoms with E-state index < -0.39 is 5.60 Å². The van der Waals surface area contributed by atoms with Crippen LogP contribution in [0.1, 0.15) is 59.3 Å². The number of methoxy groups -OCH3 is 1. The smallest absolute Gasteiger partial charge is 0.191 e. The van der Waals surface area contributed by atoms with Crippen LogP contribution in [-0.4, -0.2) is 74.0 Å². The van der Waals surface area contributed by atoms with Gasteiger partial charge in [0.05, 0.1) is 18.8 Å². The first-order chi connectivity index (χ1) is 12.1. The second kappa shape index (κ2) is 14.9. The number of guanidine groups is 1. The molecule has 1 aliphatic rings. The van der Waals surface area contributed by atoms with Crippen molar-refractivity contribution in [2.75, 3.05) is 46.4 Å². The minimum atomic E-state index is -0.676. The maximum atomic E-state index is 10.7. The van der Waals surface area contributed by atoms with Crippen molar-refractivity contribution < 1.29 is 9.84 Å². The minimum Gasteiger partial charge on any atom is -0.388 e. The number of hydrogen-bond donors (Lipinski definition) is 3. The number of rotatable bonds is 14. The van der Waals surface area contributed by atoms with Crippen molar-refractivity contribution in [2.24, 2.45) is 4.99 Å². The van der Waals surface area contributed by atoms with Gasteiger partial charge in [-0.2, -0.15) is 0 Å². The maximum Gasteiger partial charge on any atom is 0.191 e. The van der Waals surface area contributed by atoms with E-state index in [1.165, 1.54) is 12.8 Å². The summed E-state index contributed by atoms with van der Waals surface area (Å²) in [5.41, 5.74) is -0.676. The van der Waals surface area contributed by atoms with Crippen LogP contribution < -0.4 is 10.6 Å². The predicted molar refractivity (Wildman–Crippen MR) is 121 cm³/mol. The lowest BCUT2D eigenvalue weighted by Gasteiger charge is -2.26. The number of hydrogen-bond acceptors (Lipinski definition) is 4. The van der Waals surface area contributed by atoms with Crippen LogP contribution in [0.25, 0.3) is 0 Å². The number of ether oxygens (including phenoxy) is 1. The summed E-state index contributed by atoms with van der Waals surface area (Å²) in [6.45, 7) is 11.2. The van der Waals surface area contributed by atoms with E-state index in [2.05, 4.69) is 41.3 Å². The number of nitrogens with zero attached hydrogens (tertiary/aromatic N) is 2. The van der Waals surface area contributed by atoms with E-state index in [1.54, 1.807) is 7.11 Å². The molecule has 0 heterocycles. The first kappa shape index (κ1) is 25.9. The molecule has 7 heteroatoms. The van der Waals surface area contributed by atoms with Gasteiger partial charge in [-0.15, -0.1) is 24.0 Å². The lowest BCUT2D eigenvalue weighted by atomic mass is 9.93. The summed E-state index contributed by atoms with van der Waals surface area (Å²) in [7, 11) is 1.76. The average molecular weight is 484 g/mol. The molecule has 1 fully saturated rings. The van der Waals surface area contributed by atoms with Gasteiger partial charge in [-0.3, -0.25) is 9.89 Å². The van der Waals surface area contributed by atoms with Crippen LogP contribution in [-0.2, 0) is 4.74 Å². The summed E-state index contributed by atoms with van der Waals surface area (Å²) in [5.74, 6) is 0.801. The summed E-state index contributed by atoms with van der Waals surface area (Å²) >= 11 is 0. The van der Waals surface area contributed by atoms with Crippen molar-refractivity contribution in [3.63, 3.8) is 0 Å². The van der Waals surface area contributed by atoms with Crippen molar-refractivity contribution in [3.05, 3.63) is 0 Å². The van der Waals surface area contributed by atoms with Crippen LogP contribution in [0.4, 0.5) is 0 Å². The Labute approximate surface area is 177 Å². The van der Waals surface area contributed by atoms with E-state index in [0.29, 0.717) is 6.54 Å². The third-order valence-corrected chi connectivity index (χ3v) is 4.64. The quantitative estimate of drug-likeness (QED) is 0.201. The Balaban J connectivity index is 0.00000625. The molecule has 0 atom stereocenters. The van der Waals surface area contributed by atoms with Crippen molar-refractivity contribution in [2.45, 2.75) is 70.9 Å². The fourth-order valence-corrected chi connectivity index (χ4v) is 3.22. The normalized spacial score (nSPS) is 15.1. The van der Waals surface area contributed by atoms with Crippen LogP contribution in [0.15, 0.2) is 4.99 Å². The molecule has 1 saturated carbocycles. The molecule has 3 N–H and O–H groups in total. The number of halogens is 1. The highest BCUT2D eigenvalue weighted by atomic mass is 127. The zero-order chi connectivity index (χ0) is 18.5. The molecule has 6 nitrogen and oxygen atoms in total. The zero-order valence-corrected chi connectivity index (χ0v) is 19.6. The Morgan fingerprint density at radius 3 is 2.31 bits per heavy atom. The van der Waals surface area contributed by atoms with Crippen LogP contribution >= 0.6 is 24.0 Å². The van der Waals surface area contributed by atoms with E-state index in [-0.39, 0.29) is 24.0 Å². The molecule has 0 aromatic carbocycles. The fourth-order valence-electron chi connectivity index (χ4n) is 3.22. The summed E-state index contributed by atoms with van der Waals surface area (Å²) in [6, 6.07) is 0.732. The number of nitrogens with one attached hydrogen (secondary N) is 2. The van der Waals surface area contributed by atoms with Crippen molar-refractivity contribution in [1.29, 1.82) is 0 Å². The van der Waals surface area contributed by atoms with E-state index in [1.807, 2.05) is 0 Å². The van der Waals surface area contributed by atoms with Crippen LogP contribution in [0.3, 0.4) is 0 Å². The van der Waals surface area contributed by atoms with Gasteiger partial charge in [-0.25, -0.2) is 0 Å². The Hall–Kier alpha value is -0.120. The molecule has 0 aliphatic heterocycles. The summed E-state index contributed by atoms with van der Waals surface area (Å²) in [6.07, 6.45) is 6.17. The van der Waals surface area contributed by atoms with Gasteiger partial charge in [0.1, 0.15) is 0 Å².